The molecule has 1 atom stereocenters. The van der Waals surface area contributed by atoms with E-state index in [1.54, 1.807) is 21.7 Å². The van der Waals surface area contributed by atoms with Crippen LogP contribution in [0.3, 0.4) is 0 Å². The number of rotatable bonds is 2. The van der Waals surface area contributed by atoms with Crippen molar-refractivity contribution in [3.63, 3.8) is 0 Å². The Bertz CT molecular complexity index is 1410. The Kier molecular flexibility index (Phi) is 6.31. The monoisotopic (exact) mass is 522 g/mol. The number of aryl methyl sites for hydroxylation is 1. The maximum atomic E-state index is 14.7. The highest BCUT2D eigenvalue weighted by atomic mass is 19.1. The first-order chi connectivity index (χ1) is 17.8. The second kappa shape index (κ2) is 9.25. The molecule has 3 aromatic rings. The van der Waals surface area contributed by atoms with Gasteiger partial charge in [0.1, 0.15) is 17.1 Å². The number of fused-ring (bicyclic) bond motifs is 2. The van der Waals surface area contributed by atoms with Gasteiger partial charge in [0.05, 0.1) is 11.4 Å². The SMILES string of the molecule is Cc1cn2cc(NC(=O)N3CCc4c(C5CCN(C(=O)OC(C)(C)C)C(C)(C)C5)ccnc43)c(F)cc2n1. The molecule has 3 amide bonds. The minimum atomic E-state index is -0.549. The van der Waals surface area contributed by atoms with Crippen LogP contribution in [0.1, 0.15) is 70.2 Å². The van der Waals surface area contributed by atoms with Crippen molar-refractivity contribution in [1.29, 1.82) is 0 Å². The molecule has 1 unspecified atom stereocenters. The second-order valence-electron chi connectivity index (χ2n) is 11.9. The van der Waals surface area contributed by atoms with Gasteiger partial charge in [-0.1, -0.05) is 0 Å². The van der Waals surface area contributed by atoms with Gasteiger partial charge in [-0.15, -0.1) is 0 Å². The van der Waals surface area contributed by atoms with Crippen molar-refractivity contribution < 1.29 is 18.7 Å². The van der Waals surface area contributed by atoms with Gasteiger partial charge in [0.2, 0.25) is 0 Å². The standard InChI is InChI=1S/C28H35FN6O3/c1-17-15-33-16-22(21(29)13-23(33)31-17)32-25(36)34-11-9-20-19(7-10-30-24(20)34)18-8-12-35(28(5,6)14-18)26(37)38-27(2,3)4/h7,10,13,15-16,18H,8-9,11-12,14H2,1-6H3,(H,32,36). The van der Waals surface area contributed by atoms with Gasteiger partial charge < -0.3 is 19.4 Å². The van der Waals surface area contributed by atoms with E-state index in [-0.39, 0.29) is 23.2 Å². The van der Waals surface area contributed by atoms with Crippen LogP contribution in [0.4, 0.5) is 25.5 Å². The third kappa shape index (κ3) is 4.91. The molecule has 1 fully saturated rings. The zero-order valence-electron chi connectivity index (χ0n) is 22.8. The van der Waals surface area contributed by atoms with Gasteiger partial charge in [0.15, 0.2) is 5.82 Å². The molecule has 2 aliphatic heterocycles. The molecule has 0 aromatic carbocycles. The number of anilines is 2. The van der Waals surface area contributed by atoms with Crippen LogP contribution in [0.2, 0.25) is 0 Å². The molecule has 0 spiro atoms. The number of piperidine rings is 1. The predicted octanol–water partition coefficient (Wildman–Crippen LogP) is 5.66. The third-order valence-electron chi connectivity index (χ3n) is 7.29. The number of imidazole rings is 1. The Labute approximate surface area is 222 Å². The molecule has 5 heterocycles. The molecule has 0 saturated carbocycles. The fraction of sp³-hybridized carbons (Fsp3) is 0.500. The lowest BCUT2D eigenvalue weighted by molar-refractivity contribution is -0.00935. The van der Waals surface area contributed by atoms with Gasteiger partial charge >= 0.3 is 12.1 Å². The molecule has 38 heavy (non-hydrogen) atoms. The average Bonchev–Trinajstić information content (AvgIpc) is 3.39. The zero-order valence-corrected chi connectivity index (χ0v) is 22.8. The largest absolute Gasteiger partial charge is 0.444 e. The number of nitrogens with one attached hydrogen (secondary N) is 1. The number of likely N-dealkylation sites (tertiary alicyclic amines) is 1. The van der Waals surface area contributed by atoms with Crippen molar-refractivity contribution in [3.05, 3.63) is 53.4 Å². The van der Waals surface area contributed by atoms with E-state index in [0.717, 1.165) is 29.7 Å². The highest BCUT2D eigenvalue weighted by molar-refractivity contribution is 6.02. The molecule has 2 aliphatic rings. The van der Waals surface area contributed by atoms with Gasteiger partial charge in [-0.2, -0.15) is 0 Å². The number of carbonyl (C=O) groups excluding carboxylic acids is 2. The molecular weight excluding hydrogens is 487 g/mol. The van der Waals surface area contributed by atoms with Crippen molar-refractivity contribution in [2.24, 2.45) is 0 Å². The van der Waals surface area contributed by atoms with Crippen LogP contribution < -0.4 is 10.2 Å². The fourth-order valence-corrected chi connectivity index (χ4v) is 5.63. The summed E-state index contributed by atoms with van der Waals surface area (Å²) < 4.78 is 22.0. The normalized spacial score (nSPS) is 19.0. The number of hydrogen-bond donors (Lipinski definition) is 1. The topological polar surface area (TPSA) is 92.1 Å². The fourth-order valence-electron chi connectivity index (χ4n) is 5.63. The quantitative estimate of drug-likeness (QED) is 0.469. The van der Waals surface area contributed by atoms with Crippen molar-refractivity contribution in [2.45, 2.75) is 77.9 Å². The highest BCUT2D eigenvalue weighted by Gasteiger charge is 2.41. The molecule has 5 rings (SSSR count). The second-order valence-corrected chi connectivity index (χ2v) is 11.9. The number of urea groups is 1. The summed E-state index contributed by atoms with van der Waals surface area (Å²) in [6.45, 7) is 12.6. The van der Waals surface area contributed by atoms with Gasteiger partial charge in [-0.3, -0.25) is 4.90 Å². The Hall–Kier alpha value is -3.69. The molecule has 202 valence electrons. The summed E-state index contributed by atoms with van der Waals surface area (Å²) >= 11 is 0. The molecule has 9 nitrogen and oxygen atoms in total. The Balaban J connectivity index is 1.34. The molecule has 10 heteroatoms. The number of nitrogens with zero attached hydrogens (tertiary/aromatic N) is 5. The summed E-state index contributed by atoms with van der Waals surface area (Å²) in [6, 6.07) is 2.91. The van der Waals surface area contributed by atoms with E-state index in [4.69, 9.17) is 4.74 Å². The molecule has 0 bridgehead atoms. The first-order valence-electron chi connectivity index (χ1n) is 13.0. The molecule has 0 radical (unpaired) electrons. The molecular formula is C28H35FN6O3. The summed E-state index contributed by atoms with van der Waals surface area (Å²) in [4.78, 5) is 38.2. The third-order valence-corrected chi connectivity index (χ3v) is 7.29. The first kappa shape index (κ1) is 25.9. The minimum Gasteiger partial charge on any atom is -0.444 e. The lowest BCUT2D eigenvalue weighted by atomic mass is 9.78. The van der Waals surface area contributed by atoms with Gasteiger partial charge in [-0.25, -0.2) is 23.9 Å². The molecule has 1 saturated heterocycles. The summed E-state index contributed by atoms with van der Waals surface area (Å²) in [7, 11) is 0. The predicted molar refractivity (Wildman–Crippen MR) is 143 cm³/mol. The summed E-state index contributed by atoms with van der Waals surface area (Å²) in [5.41, 5.74) is 2.58. The van der Waals surface area contributed by atoms with E-state index in [1.165, 1.54) is 12.3 Å². The number of ether oxygens (including phenoxy) is 1. The van der Waals surface area contributed by atoms with Crippen LogP contribution in [0.15, 0.2) is 30.7 Å². The maximum Gasteiger partial charge on any atom is 0.410 e. The van der Waals surface area contributed by atoms with Crippen molar-refractivity contribution in [3.8, 4) is 0 Å². The zero-order chi connectivity index (χ0) is 27.4. The van der Waals surface area contributed by atoms with Crippen molar-refractivity contribution >= 4 is 29.3 Å². The van der Waals surface area contributed by atoms with Gasteiger partial charge in [-0.05, 0) is 78.4 Å². The Morgan fingerprint density at radius 3 is 2.68 bits per heavy atom. The lowest BCUT2D eigenvalue weighted by Crippen LogP contribution is -2.53. The minimum absolute atomic E-state index is 0.0840. The van der Waals surface area contributed by atoms with E-state index in [0.29, 0.717) is 31.0 Å². The number of aromatic nitrogens is 3. The first-order valence-corrected chi connectivity index (χ1v) is 13.0. The smallest absolute Gasteiger partial charge is 0.410 e. The van der Waals surface area contributed by atoms with E-state index < -0.39 is 17.4 Å². The van der Waals surface area contributed by atoms with Crippen LogP contribution >= 0.6 is 0 Å². The Morgan fingerprint density at radius 1 is 1.21 bits per heavy atom. The van der Waals surface area contributed by atoms with Crippen molar-refractivity contribution in [2.75, 3.05) is 23.3 Å². The highest BCUT2D eigenvalue weighted by Crippen LogP contribution is 2.42. The van der Waals surface area contributed by atoms with Gasteiger partial charge in [0, 0.05) is 48.8 Å². The Morgan fingerprint density at radius 2 is 1.97 bits per heavy atom. The maximum absolute atomic E-state index is 14.7. The molecule has 1 N–H and O–H groups in total. The number of pyridine rings is 2. The number of hydrogen-bond acceptors (Lipinski definition) is 5. The van der Waals surface area contributed by atoms with Crippen LogP contribution in [-0.4, -0.2) is 55.6 Å². The van der Waals surface area contributed by atoms with E-state index in [9.17, 15) is 14.0 Å². The van der Waals surface area contributed by atoms with Crippen LogP contribution in [0.25, 0.3) is 5.65 Å². The summed E-state index contributed by atoms with van der Waals surface area (Å²) in [5.74, 6) is 0.275. The molecule has 3 aromatic heterocycles. The number of halogens is 1. The molecule has 0 aliphatic carbocycles. The van der Waals surface area contributed by atoms with E-state index in [2.05, 4.69) is 29.1 Å². The lowest BCUT2D eigenvalue weighted by Gasteiger charge is -2.46. The van der Waals surface area contributed by atoms with Crippen LogP contribution in [0, 0.1) is 12.7 Å². The number of carbonyl (C=O) groups is 2. The van der Waals surface area contributed by atoms with Gasteiger partial charge in [0.25, 0.3) is 0 Å². The van der Waals surface area contributed by atoms with E-state index in [1.807, 2.05) is 38.7 Å². The van der Waals surface area contributed by atoms with Crippen LogP contribution in [0.5, 0.6) is 0 Å². The number of amides is 3. The van der Waals surface area contributed by atoms with Crippen LogP contribution in [-0.2, 0) is 11.2 Å². The average molecular weight is 523 g/mol. The summed E-state index contributed by atoms with van der Waals surface area (Å²) in [6.07, 6.45) is 6.98. The van der Waals surface area contributed by atoms with Crippen molar-refractivity contribution in [1.82, 2.24) is 19.3 Å². The van der Waals surface area contributed by atoms with E-state index >= 15 is 0 Å². The summed E-state index contributed by atoms with van der Waals surface area (Å²) in [5, 5.41) is 2.71.